The van der Waals surface area contributed by atoms with Crippen LogP contribution in [0.5, 0.6) is 5.75 Å². The van der Waals surface area contributed by atoms with Gasteiger partial charge in [-0.05, 0) is 43.9 Å². The molecule has 4 heteroatoms. The Hall–Kier alpha value is -0.770. The summed E-state index contributed by atoms with van der Waals surface area (Å²) in [5.41, 5.74) is 6.78. The molecule has 0 radical (unpaired) electrons. The number of hydrogen-bond donors (Lipinski definition) is 2. The van der Waals surface area contributed by atoms with Gasteiger partial charge in [0.15, 0.2) is 0 Å². The van der Waals surface area contributed by atoms with Crippen LogP contribution < -0.4 is 10.5 Å². The van der Waals surface area contributed by atoms with Gasteiger partial charge in [0.1, 0.15) is 11.9 Å². The van der Waals surface area contributed by atoms with Crippen molar-refractivity contribution in [1.29, 1.82) is 0 Å². The summed E-state index contributed by atoms with van der Waals surface area (Å²) in [5, 5.41) is 10.4. The lowest BCUT2D eigenvalue weighted by atomic mass is 9.95. The number of nitrogens with two attached hydrogens (primary N) is 1. The lowest BCUT2D eigenvalue weighted by molar-refractivity contribution is 0.00692. The highest BCUT2D eigenvalue weighted by Crippen LogP contribution is 2.31. The highest BCUT2D eigenvalue weighted by Gasteiger charge is 2.25. The second-order valence-corrected chi connectivity index (χ2v) is 5.39. The van der Waals surface area contributed by atoms with Crippen LogP contribution >= 0.6 is 11.6 Å². The molecule has 2 unspecified atom stereocenters. The Kier molecular flexibility index (Phi) is 4.49. The third kappa shape index (κ3) is 3.16. The van der Waals surface area contributed by atoms with Gasteiger partial charge >= 0.3 is 0 Å². The number of benzene rings is 1. The summed E-state index contributed by atoms with van der Waals surface area (Å²) in [7, 11) is 0. The zero-order chi connectivity index (χ0) is 13.1. The van der Waals surface area contributed by atoms with E-state index in [1.807, 2.05) is 25.1 Å². The first kappa shape index (κ1) is 13.7. The monoisotopic (exact) mass is 269 g/mol. The SMILES string of the molecule is C[C@@H](N)c1ccc(OC2CCCCC2O)c(Cl)c1. The molecule has 1 aliphatic carbocycles. The van der Waals surface area contributed by atoms with E-state index in [4.69, 9.17) is 22.1 Å². The van der Waals surface area contributed by atoms with Crippen molar-refractivity contribution in [3.8, 4) is 5.75 Å². The number of aliphatic hydroxyl groups excluding tert-OH is 1. The fraction of sp³-hybridized carbons (Fsp3) is 0.571. The summed E-state index contributed by atoms with van der Waals surface area (Å²) >= 11 is 6.18. The fourth-order valence-electron chi connectivity index (χ4n) is 2.27. The zero-order valence-electron chi connectivity index (χ0n) is 10.6. The minimum absolute atomic E-state index is 0.0446. The molecule has 100 valence electrons. The van der Waals surface area contributed by atoms with E-state index >= 15 is 0 Å². The van der Waals surface area contributed by atoms with Gasteiger partial charge in [-0.1, -0.05) is 24.1 Å². The van der Waals surface area contributed by atoms with Gasteiger partial charge in [0, 0.05) is 6.04 Å². The topological polar surface area (TPSA) is 55.5 Å². The van der Waals surface area contributed by atoms with E-state index in [0.29, 0.717) is 10.8 Å². The highest BCUT2D eigenvalue weighted by molar-refractivity contribution is 6.32. The number of ether oxygens (including phenoxy) is 1. The average Bonchev–Trinajstić information content (AvgIpc) is 2.34. The molecule has 0 amide bonds. The second kappa shape index (κ2) is 5.91. The van der Waals surface area contributed by atoms with Gasteiger partial charge in [0.25, 0.3) is 0 Å². The van der Waals surface area contributed by atoms with Gasteiger partial charge in [-0.3, -0.25) is 0 Å². The summed E-state index contributed by atoms with van der Waals surface area (Å²) in [6.45, 7) is 1.91. The van der Waals surface area contributed by atoms with Crippen molar-refractivity contribution >= 4 is 11.6 Å². The van der Waals surface area contributed by atoms with Gasteiger partial charge < -0.3 is 15.6 Å². The summed E-state index contributed by atoms with van der Waals surface area (Å²) in [4.78, 5) is 0. The van der Waals surface area contributed by atoms with Crippen molar-refractivity contribution in [3.05, 3.63) is 28.8 Å². The van der Waals surface area contributed by atoms with Crippen LogP contribution in [-0.2, 0) is 0 Å². The molecule has 0 bridgehead atoms. The second-order valence-electron chi connectivity index (χ2n) is 4.99. The third-order valence-corrected chi connectivity index (χ3v) is 3.72. The van der Waals surface area contributed by atoms with Crippen LogP contribution in [0.2, 0.25) is 5.02 Å². The van der Waals surface area contributed by atoms with Crippen LogP contribution in [0.25, 0.3) is 0 Å². The molecule has 3 nitrogen and oxygen atoms in total. The van der Waals surface area contributed by atoms with Crippen molar-refractivity contribution in [2.24, 2.45) is 5.73 Å². The quantitative estimate of drug-likeness (QED) is 0.887. The van der Waals surface area contributed by atoms with Crippen molar-refractivity contribution in [1.82, 2.24) is 0 Å². The first-order chi connectivity index (χ1) is 8.58. The Balaban J connectivity index is 2.09. The van der Waals surface area contributed by atoms with Crippen molar-refractivity contribution < 1.29 is 9.84 Å². The van der Waals surface area contributed by atoms with E-state index in [-0.39, 0.29) is 18.2 Å². The standard InChI is InChI=1S/C14H20ClNO2/c1-9(16)10-6-7-13(11(15)8-10)18-14-5-3-2-4-12(14)17/h6-9,12,14,17H,2-5,16H2,1H3/t9-,12?,14?/m1/s1. The highest BCUT2D eigenvalue weighted by atomic mass is 35.5. The van der Waals surface area contributed by atoms with Crippen LogP contribution in [0.15, 0.2) is 18.2 Å². The Morgan fingerprint density at radius 3 is 2.72 bits per heavy atom. The number of aliphatic hydroxyl groups is 1. The van der Waals surface area contributed by atoms with E-state index in [1.54, 1.807) is 0 Å². The minimum atomic E-state index is -0.386. The van der Waals surface area contributed by atoms with E-state index in [1.165, 1.54) is 0 Å². The van der Waals surface area contributed by atoms with E-state index < -0.39 is 0 Å². The molecule has 1 fully saturated rings. The summed E-state index contributed by atoms with van der Waals surface area (Å²) in [6.07, 6.45) is 3.32. The predicted octanol–water partition coefficient (Wildman–Crippen LogP) is 3.04. The van der Waals surface area contributed by atoms with Crippen molar-refractivity contribution in [2.75, 3.05) is 0 Å². The minimum Gasteiger partial charge on any atom is -0.486 e. The lowest BCUT2D eigenvalue weighted by Gasteiger charge is -2.28. The molecule has 2 rings (SSSR count). The normalized spacial score (nSPS) is 25.8. The molecule has 0 heterocycles. The Morgan fingerprint density at radius 1 is 1.39 bits per heavy atom. The maximum Gasteiger partial charge on any atom is 0.138 e. The van der Waals surface area contributed by atoms with Crippen LogP contribution in [0.3, 0.4) is 0 Å². The maximum absolute atomic E-state index is 9.88. The molecule has 1 aliphatic rings. The molecule has 0 aromatic heterocycles. The number of halogens is 1. The molecule has 1 aromatic carbocycles. The molecule has 0 aliphatic heterocycles. The molecule has 3 N–H and O–H groups in total. The van der Waals surface area contributed by atoms with Crippen molar-refractivity contribution in [2.45, 2.75) is 50.9 Å². The molecule has 0 spiro atoms. The fourth-order valence-corrected chi connectivity index (χ4v) is 2.51. The summed E-state index contributed by atoms with van der Waals surface area (Å²) < 4.78 is 5.81. The van der Waals surface area contributed by atoms with Crippen LogP contribution in [0, 0.1) is 0 Å². The number of rotatable bonds is 3. The van der Waals surface area contributed by atoms with Gasteiger partial charge in [0.05, 0.1) is 11.1 Å². The van der Waals surface area contributed by atoms with Gasteiger partial charge in [-0.2, -0.15) is 0 Å². The van der Waals surface area contributed by atoms with Gasteiger partial charge in [0.2, 0.25) is 0 Å². The van der Waals surface area contributed by atoms with E-state index in [0.717, 1.165) is 31.2 Å². The average molecular weight is 270 g/mol. The molecule has 1 saturated carbocycles. The number of hydrogen-bond acceptors (Lipinski definition) is 3. The Bertz CT molecular complexity index is 409. The third-order valence-electron chi connectivity index (χ3n) is 3.43. The molecule has 1 aromatic rings. The molecular weight excluding hydrogens is 250 g/mol. The van der Waals surface area contributed by atoms with Gasteiger partial charge in [-0.25, -0.2) is 0 Å². The summed E-state index contributed by atoms with van der Waals surface area (Å²) in [6, 6.07) is 5.54. The van der Waals surface area contributed by atoms with Crippen molar-refractivity contribution in [3.63, 3.8) is 0 Å². The predicted molar refractivity (Wildman–Crippen MR) is 72.9 cm³/mol. The maximum atomic E-state index is 9.88. The Morgan fingerprint density at radius 2 is 2.11 bits per heavy atom. The lowest BCUT2D eigenvalue weighted by Crippen LogP contribution is -2.34. The summed E-state index contributed by atoms with van der Waals surface area (Å²) in [5.74, 6) is 0.631. The van der Waals surface area contributed by atoms with E-state index in [9.17, 15) is 5.11 Å². The van der Waals surface area contributed by atoms with Crippen LogP contribution in [-0.4, -0.2) is 17.3 Å². The molecule has 0 saturated heterocycles. The zero-order valence-corrected chi connectivity index (χ0v) is 11.4. The first-order valence-corrected chi connectivity index (χ1v) is 6.85. The Labute approximate surface area is 113 Å². The van der Waals surface area contributed by atoms with Crippen LogP contribution in [0.1, 0.15) is 44.2 Å². The van der Waals surface area contributed by atoms with Gasteiger partial charge in [-0.15, -0.1) is 0 Å². The van der Waals surface area contributed by atoms with E-state index in [2.05, 4.69) is 0 Å². The molecule has 3 atom stereocenters. The smallest absolute Gasteiger partial charge is 0.138 e. The first-order valence-electron chi connectivity index (χ1n) is 6.47. The largest absolute Gasteiger partial charge is 0.486 e. The molecule has 18 heavy (non-hydrogen) atoms. The molecular formula is C14H20ClNO2. The van der Waals surface area contributed by atoms with Crippen LogP contribution in [0.4, 0.5) is 0 Å².